The SMILES string of the molecule is CCN(CC(=O)O)C1CCN(Cc2cn(-c3ccc(Cl)cc3)nn2)CC1.Cl. The topological polar surface area (TPSA) is 74.5 Å². The first-order chi connectivity index (χ1) is 12.5. The number of aromatic nitrogens is 3. The predicted molar refractivity (Wildman–Crippen MR) is 107 cm³/mol. The summed E-state index contributed by atoms with van der Waals surface area (Å²) < 4.78 is 1.75. The molecule has 0 aliphatic carbocycles. The Balaban J connectivity index is 0.00000261. The number of nitrogens with zero attached hydrogens (tertiary/aromatic N) is 5. The minimum absolute atomic E-state index is 0. The van der Waals surface area contributed by atoms with Crippen LogP contribution in [0.5, 0.6) is 0 Å². The van der Waals surface area contributed by atoms with Crippen LogP contribution in [0, 0.1) is 0 Å². The Hall–Kier alpha value is -1.67. The number of carboxylic acid groups (broad SMARTS) is 1. The van der Waals surface area contributed by atoms with E-state index in [9.17, 15) is 4.79 Å². The van der Waals surface area contributed by atoms with Gasteiger partial charge in [0.1, 0.15) is 0 Å². The number of halogens is 2. The van der Waals surface area contributed by atoms with Crippen LogP contribution in [-0.4, -0.2) is 68.1 Å². The lowest BCUT2D eigenvalue weighted by Gasteiger charge is -2.37. The molecule has 1 fully saturated rings. The van der Waals surface area contributed by atoms with Crippen LogP contribution in [0.2, 0.25) is 5.02 Å². The summed E-state index contributed by atoms with van der Waals surface area (Å²) in [7, 11) is 0. The monoisotopic (exact) mass is 413 g/mol. The molecule has 2 heterocycles. The van der Waals surface area contributed by atoms with Crippen molar-refractivity contribution < 1.29 is 9.90 Å². The molecule has 1 aliphatic heterocycles. The fourth-order valence-electron chi connectivity index (χ4n) is 3.44. The molecule has 0 bridgehead atoms. The summed E-state index contributed by atoms with van der Waals surface area (Å²) in [5.74, 6) is -0.756. The maximum Gasteiger partial charge on any atom is 0.317 e. The van der Waals surface area contributed by atoms with Crippen molar-refractivity contribution in [3.05, 3.63) is 41.2 Å². The maximum atomic E-state index is 11.0. The fraction of sp³-hybridized carbons (Fsp3) is 0.500. The third kappa shape index (κ3) is 5.90. The molecule has 0 radical (unpaired) electrons. The van der Waals surface area contributed by atoms with Crippen LogP contribution in [-0.2, 0) is 11.3 Å². The number of aliphatic carboxylic acids is 1. The molecule has 2 aromatic rings. The predicted octanol–water partition coefficient (Wildman–Crippen LogP) is 2.71. The van der Waals surface area contributed by atoms with Crippen molar-refractivity contribution in [3.63, 3.8) is 0 Å². The van der Waals surface area contributed by atoms with Gasteiger partial charge in [-0.2, -0.15) is 0 Å². The molecule has 1 saturated heterocycles. The van der Waals surface area contributed by atoms with Gasteiger partial charge in [0.05, 0.1) is 24.1 Å². The number of carboxylic acids is 1. The Morgan fingerprint density at radius 2 is 1.96 bits per heavy atom. The van der Waals surface area contributed by atoms with Crippen molar-refractivity contribution in [2.45, 2.75) is 32.4 Å². The second-order valence-corrected chi connectivity index (χ2v) is 7.03. The van der Waals surface area contributed by atoms with Crippen LogP contribution in [0.3, 0.4) is 0 Å². The molecule has 0 saturated carbocycles. The van der Waals surface area contributed by atoms with Crippen molar-refractivity contribution in [1.29, 1.82) is 0 Å². The first kappa shape index (κ1) is 21.6. The normalized spacial score (nSPS) is 15.7. The molecule has 1 aliphatic rings. The van der Waals surface area contributed by atoms with E-state index in [1.165, 1.54) is 0 Å². The van der Waals surface area contributed by atoms with Crippen LogP contribution in [0.4, 0.5) is 0 Å². The van der Waals surface area contributed by atoms with Crippen LogP contribution in [0.25, 0.3) is 5.69 Å². The molecular weight excluding hydrogens is 389 g/mol. The Labute approximate surface area is 170 Å². The minimum atomic E-state index is -0.756. The second kappa shape index (κ2) is 10.0. The zero-order chi connectivity index (χ0) is 18.5. The molecule has 0 spiro atoms. The standard InChI is InChI=1S/C18H24ClN5O2.ClH/c1-2-23(13-18(25)26)16-7-9-22(10-8-16)11-15-12-24(21-20-15)17-5-3-14(19)4-6-17;/h3-6,12,16H,2,7-11,13H2,1H3,(H,25,26);1H. The Morgan fingerprint density at radius 3 is 2.56 bits per heavy atom. The van der Waals surface area contributed by atoms with Gasteiger partial charge in [0.15, 0.2) is 0 Å². The van der Waals surface area contributed by atoms with Gasteiger partial charge in [-0.1, -0.05) is 23.7 Å². The van der Waals surface area contributed by atoms with E-state index in [-0.39, 0.29) is 19.0 Å². The Bertz CT molecular complexity index is 730. The highest BCUT2D eigenvalue weighted by molar-refractivity contribution is 6.30. The van der Waals surface area contributed by atoms with Crippen molar-refractivity contribution in [1.82, 2.24) is 24.8 Å². The molecule has 148 valence electrons. The van der Waals surface area contributed by atoms with E-state index >= 15 is 0 Å². The molecular formula is C18H25Cl2N5O2. The van der Waals surface area contributed by atoms with Gasteiger partial charge in [0.25, 0.3) is 0 Å². The molecule has 0 amide bonds. The van der Waals surface area contributed by atoms with Gasteiger partial charge in [-0.25, -0.2) is 4.68 Å². The molecule has 9 heteroatoms. The van der Waals surface area contributed by atoms with E-state index in [4.69, 9.17) is 16.7 Å². The van der Waals surface area contributed by atoms with Gasteiger partial charge in [-0.3, -0.25) is 14.6 Å². The lowest BCUT2D eigenvalue weighted by Crippen LogP contribution is -2.46. The molecule has 0 unspecified atom stereocenters. The molecule has 27 heavy (non-hydrogen) atoms. The summed E-state index contributed by atoms with van der Waals surface area (Å²) in [5.41, 5.74) is 1.86. The summed E-state index contributed by atoms with van der Waals surface area (Å²) in [6.45, 7) is 5.54. The van der Waals surface area contributed by atoms with Crippen LogP contribution in [0.1, 0.15) is 25.5 Å². The number of rotatable bonds is 7. The van der Waals surface area contributed by atoms with Crippen molar-refractivity contribution in [3.8, 4) is 5.69 Å². The maximum absolute atomic E-state index is 11.0. The molecule has 1 aromatic carbocycles. The quantitative estimate of drug-likeness (QED) is 0.751. The third-order valence-electron chi connectivity index (χ3n) is 4.84. The summed E-state index contributed by atoms with van der Waals surface area (Å²) in [6, 6.07) is 7.83. The van der Waals surface area contributed by atoms with Crippen molar-refractivity contribution in [2.24, 2.45) is 0 Å². The minimum Gasteiger partial charge on any atom is -0.480 e. The van der Waals surface area contributed by atoms with E-state index in [1.54, 1.807) is 4.68 Å². The molecule has 0 atom stereocenters. The van der Waals surface area contributed by atoms with E-state index in [0.717, 1.165) is 50.4 Å². The highest BCUT2D eigenvalue weighted by Gasteiger charge is 2.25. The van der Waals surface area contributed by atoms with Gasteiger partial charge in [-0.05, 0) is 43.7 Å². The van der Waals surface area contributed by atoms with E-state index in [2.05, 4.69) is 20.1 Å². The number of carbonyl (C=O) groups is 1. The zero-order valence-electron chi connectivity index (χ0n) is 15.3. The van der Waals surface area contributed by atoms with E-state index in [0.29, 0.717) is 11.1 Å². The summed E-state index contributed by atoms with van der Waals surface area (Å²) >= 11 is 5.92. The van der Waals surface area contributed by atoms with Crippen LogP contribution in [0.15, 0.2) is 30.5 Å². The number of piperidine rings is 1. The number of likely N-dealkylation sites (tertiary alicyclic amines) is 1. The lowest BCUT2D eigenvalue weighted by molar-refractivity contribution is -0.139. The fourth-order valence-corrected chi connectivity index (χ4v) is 3.56. The van der Waals surface area contributed by atoms with Gasteiger partial charge < -0.3 is 5.11 Å². The van der Waals surface area contributed by atoms with Crippen molar-refractivity contribution in [2.75, 3.05) is 26.2 Å². The molecule has 7 nitrogen and oxygen atoms in total. The summed E-state index contributed by atoms with van der Waals surface area (Å²) in [6.07, 6.45) is 3.90. The first-order valence-corrected chi connectivity index (χ1v) is 9.28. The zero-order valence-corrected chi connectivity index (χ0v) is 16.9. The first-order valence-electron chi connectivity index (χ1n) is 8.90. The molecule has 3 rings (SSSR count). The van der Waals surface area contributed by atoms with Gasteiger partial charge in [0.2, 0.25) is 0 Å². The van der Waals surface area contributed by atoms with Crippen LogP contribution < -0.4 is 0 Å². The molecule has 1 N–H and O–H groups in total. The molecule has 1 aromatic heterocycles. The highest BCUT2D eigenvalue weighted by Crippen LogP contribution is 2.18. The smallest absolute Gasteiger partial charge is 0.317 e. The van der Waals surface area contributed by atoms with Gasteiger partial charge >= 0.3 is 5.97 Å². The number of benzene rings is 1. The third-order valence-corrected chi connectivity index (χ3v) is 5.09. The van der Waals surface area contributed by atoms with Crippen LogP contribution >= 0.6 is 24.0 Å². The average Bonchev–Trinajstić information content (AvgIpc) is 3.09. The Kier molecular flexibility index (Phi) is 8.04. The van der Waals surface area contributed by atoms with Crippen molar-refractivity contribution >= 4 is 30.0 Å². The number of likely N-dealkylation sites (N-methyl/N-ethyl adjacent to an activating group) is 1. The lowest BCUT2D eigenvalue weighted by atomic mass is 10.0. The summed E-state index contributed by atoms with van der Waals surface area (Å²) in [4.78, 5) is 15.4. The van der Waals surface area contributed by atoms with Gasteiger partial charge in [0, 0.05) is 30.7 Å². The largest absolute Gasteiger partial charge is 0.480 e. The van der Waals surface area contributed by atoms with E-state index < -0.39 is 5.97 Å². The van der Waals surface area contributed by atoms with Gasteiger partial charge in [-0.15, -0.1) is 17.5 Å². The average molecular weight is 414 g/mol. The number of hydrogen-bond donors (Lipinski definition) is 1. The second-order valence-electron chi connectivity index (χ2n) is 6.60. The highest BCUT2D eigenvalue weighted by atomic mass is 35.5. The van der Waals surface area contributed by atoms with E-state index in [1.807, 2.05) is 37.4 Å². The number of hydrogen-bond acceptors (Lipinski definition) is 5. The summed E-state index contributed by atoms with van der Waals surface area (Å²) in [5, 5.41) is 18.2. The Morgan fingerprint density at radius 1 is 1.30 bits per heavy atom.